The number of rotatable bonds is 5. The zero-order chi connectivity index (χ0) is 12.2. The van der Waals surface area contributed by atoms with Crippen molar-refractivity contribution < 1.29 is 8.78 Å². The van der Waals surface area contributed by atoms with Gasteiger partial charge in [0, 0.05) is 0 Å². The van der Waals surface area contributed by atoms with E-state index in [2.05, 4.69) is 20.8 Å². The van der Waals surface area contributed by atoms with E-state index in [0.717, 1.165) is 31.2 Å². The highest BCUT2D eigenvalue weighted by Crippen LogP contribution is 2.34. The van der Waals surface area contributed by atoms with Crippen LogP contribution < -0.4 is 0 Å². The Kier molecular flexibility index (Phi) is 4.45. The highest BCUT2D eigenvalue weighted by atomic mass is 19.2. The van der Waals surface area contributed by atoms with E-state index >= 15 is 0 Å². The van der Waals surface area contributed by atoms with Crippen LogP contribution in [0, 0.1) is 11.6 Å². The first-order chi connectivity index (χ1) is 7.53. The molecule has 0 N–H and O–H groups in total. The highest BCUT2D eigenvalue weighted by Gasteiger charge is 2.25. The van der Waals surface area contributed by atoms with Crippen LogP contribution in [0.15, 0.2) is 18.2 Å². The van der Waals surface area contributed by atoms with Gasteiger partial charge in [0.1, 0.15) is 0 Å². The molecule has 0 spiro atoms. The smallest absolute Gasteiger partial charge is 0.159 e. The molecule has 0 aliphatic rings. The minimum Gasteiger partial charge on any atom is -0.204 e. The van der Waals surface area contributed by atoms with Gasteiger partial charge >= 0.3 is 0 Å². The van der Waals surface area contributed by atoms with Gasteiger partial charge < -0.3 is 0 Å². The van der Waals surface area contributed by atoms with Crippen LogP contribution in [0.5, 0.6) is 0 Å². The van der Waals surface area contributed by atoms with E-state index in [1.807, 2.05) is 0 Å². The van der Waals surface area contributed by atoms with Gasteiger partial charge in [0.25, 0.3) is 0 Å². The van der Waals surface area contributed by atoms with Crippen LogP contribution in [0.3, 0.4) is 0 Å². The van der Waals surface area contributed by atoms with E-state index in [-0.39, 0.29) is 5.41 Å². The summed E-state index contributed by atoms with van der Waals surface area (Å²) in [5.74, 6) is -1.50. The average Bonchev–Trinajstić information content (AvgIpc) is 2.22. The van der Waals surface area contributed by atoms with Crippen LogP contribution in [-0.4, -0.2) is 0 Å². The normalized spacial score (nSPS) is 11.8. The van der Waals surface area contributed by atoms with Gasteiger partial charge in [0.05, 0.1) is 0 Å². The molecule has 0 bridgehead atoms. The molecule has 0 radical (unpaired) electrons. The van der Waals surface area contributed by atoms with Crippen molar-refractivity contribution in [3.63, 3.8) is 0 Å². The Bertz CT molecular complexity index is 339. The maximum atomic E-state index is 13.2. The molecule has 0 aliphatic carbocycles. The summed E-state index contributed by atoms with van der Waals surface area (Å²) < 4.78 is 26.1. The lowest BCUT2D eigenvalue weighted by atomic mass is 9.75. The van der Waals surface area contributed by atoms with Crippen LogP contribution in [0.4, 0.5) is 8.78 Å². The van der Waals surface area contributed by atoms with Gasteiger partial charge in [-0.2, -0.15) is 0 Å². The second-order valence-electron chi connectivity index (χ2n) is 4.69. The third kappa shape index (κ3) is 2.81. The third-order valence-electron chi connectivity index (χ3n) is 3.22. The first-order valence-electron chi connectivity index (χ1n) is 5.99. The van der Waals surface area contributed by atoms with Crippen LogP contribution >= 0.6 is 0 Å². The topological polar surface area (TPSA) is 0 Å². The summed E-state index contributed by atoms with van der Waals surface area (Å²) in [6.45, 7) is 6.37. The predicted octanol–water partition coefficient (Wildman–Crippen LogP) is 4.82. The minimum absolute atomic E-state index is 0.0297. The first-order valence-corrected chi connectivity index (χ1v) is 5.99. The molecule has 0 aromatic heterocycles. The molecule has 0 atom stereocenters. The molecule has 0 fully saturated rings. The monoisotopic (exact) mass is 226 g/mol. The van der Waals surface area contributed by atoms with Crippen molar-refractivity contribution in [2.24, 2.45) is 0 Å². The summed E-state index contributed by atoms with van der Waals surface area (Å²) in [6, 6.07) is 4.29. The summed E-state index contributed by atoms with van der Waals surface area (Å²) in [7, 11) is 0. The number of benzene rings is 1. The van der Waals surface area contributed by atoms with Crippen LogP contribution in [0.25, 0.3) is 0 Å². The van der Waals surface area contributed by atoms with Crippen molar-refractivity contribution >= 4 is 0 Å². The largest absolute Gasteiger partial charge is 0.204 e. The molecule has 0 heterocycles. The summed E-state index contributed by atoms with van der Waals surface area (Å²) in [6.07, 6.45) is 4.11. The fourth-order valence-electron chi connectivity index (χ4n) is 2.39. The lowest BCUT2D eigenvalue weighted by molar-refractivity contribution is 0.387. The standard InChI is InChI=1S/C14H20F2/c1-4-8-14(3,9-5-2)11-6-7-12(15)13(16)10-11/h6-7,10H,4-5,8-9H2,1-3H3. The van der Waals surface area contributed by atoms with Crippen LogP contribution in [-0.2, 0) is 5.41 Å². The second kappa shape index (κ2) is 5.42. The maximum Gasteiger partial charge on any atom is 0.159 e. The van der Waals surface area contributed by atoms with Gasteiger partial charge in [-0.1, -0.05) is 39.7 Å². The van der Waals surface area contributed by atoms with Crippen molar-refractivity contribution in [3.05, 3.63) is 35.4 Å². The fourth-order valence-corrected chi connectivity index (χ4v) is 2.39. The van der Waals surface area contributed by atoms with Crippen molar-refractivity contribution in [2.75, 3.05) is 0 Å². The summed E-state index contributed by atoms with van der Waals surface area (Å²) in [5.41, 5.74) is 0.882. The molecular formula is C14H20F2. The predicted molar refractivity (Wildman–Crippen MR) is 63.5 cm³/mol. The fraction of sp³-hybridized carbons (Fsp3) is 0.571. The lowest BCUT2D eigenvalue weighted by Gasteiger charge is -2.29. The lowest BCUT2D eigenvalue weighted by Crippen LogP contribution is -2.21. The molecule has 1 rings (SSSR count). The Morgan fingerprint density at radius 1 is 1.00 bits per heavy atom. The van der Waals surface area contributed by atoms with E-state index < -0.39 is 11.6 Å². The van der Waals surface area contributed by atoms with Gasteiger partial charge in [-0.05, 0) is 36.0 Å². The molecule has 0 saturated heterocycles. The first kappa shape index (κ1) is 13.1. The number of hydrogen-bond acceptors (Lipinski definition) is 0. The van der Waals surface area contributed by atoms with Gasteiger partial charge in [-0.3, -0.25) is 0 Å². The van der Waals surface area contributed by atoms with E-state index in [1.54, 1.807) is 6.07 Å². The average molecular weight is 226 g/mol. The van der Waals surface area contributed by atoms with Crippen molar-refractivity contribution in [1.82, 2.24) is 0 Å². The van der Waals surface area contributed by atoms with E-state index in [9.17, 15) is 8.78 Å². The van der Waals surface area contributed by atoms with Gasteiger partial charge in [-0.15, -0.1) is 0 Å². The molecule has 0 saturated carbocycles. The van der Waals surface area contributed by atoms with E-state index in [4.69, 9.17) is 0 Å². The Hall–Kier alpha value is -0.920. The Morgan fingerprint density at radius 3 is 2.00 bits per heavy atom. The van der Waals surface area contributed by atoms with Crippen LogP contribution in [0.1, 0.15) is 52.0 Å². The Balaban J connectivity index is 3.05. The molecule has 0 unspecified atom stereocenters. The molecule has 2 heteroatoms. The van der Waals surface area contributed by atoms with E-state index in [1.165, 1.54) is 12.1 Å². The Labute approximate surface area is 96.7 Å². The SMILES string of the molecule is CCCC(C)(CCC)c1ccc(F)c(F)c1. The van der Waals surface area contributed by atoms with Crippen molar-refractivity contribution in [2.45, 2.75) is 51.9 Å². The molecule has 0 aliphatic heterocycles. The summed E-state index contributed by atoms with van der Waals surface area (Å²) in [5, 5.41) is 0. The zero-order valence-corrected chi connectivity index (χ0v) is 10.3. The molecule has 0 nitrogen and oxygen atoms in total. The minimum atomic E-state index is -0.765. The third-order valence-corrected chi connectivity index (χ3v) is 3.22. The van der Waals surface area contributed by atoms with Crippen molar-refractivity contribution in [3.8, 4) is 0 Å². The summed E-state index contributed by atoms with van der Waals surface area (Å²) in [4.78, 5) is 0. The van der Waals surface area contributed by atoms with Crippen LogP contribution in [0.2, 0.25) is 0 Å². The molecule has 1 aromatic rings. The molecule has 0 amide bonds. The molecule has 90 valence electrons. The quantitative estimate of drug-likeness (QED) is 0.675. The highest BCUT2D eigenvalue weighted by molar-refractivity contribution is 5.26. The van der Waals surface area contributed by atoms with Gasteiger partial charge in [0.15, 0.2) is 11.6 Å². The second-order valence-corrected chi connectivity index (χ2v) is 4.69. The van der Waals surface area contributed by atoms with E-state index in [0.29, 0.717) is 0 Å². The summed E-state index contributed by atoms with van der Waals surface area (Å²) >= 11 is 0. The number of hydrogen-bond donors (Lipinski definition) is 0. The van der Waals surface area contributed by atoms with Crippen molar-refractivity contribution in [1.29, 1.82) is 0 Å². The zero-order valence-electron chi connectivity index (χ0n) is 10.3. The molecule has 1 aromatic carbocycles. The van der Waals surface area contributed by atoms with Gasteiger partial charge in [-0.25, -0.2) is 8.78 Å². The molecular weight excluding hydrogens is 206 g/mol. The maximum absolute atomic E-state index is 13.2. The number of halogens is 2. The Morgan fingerprint density at radius 2 is 1.56 bits per heavy atom. The van der Waals surface area contributed by atoms with Gasteiger partial charge in [0.2, 0.25) is 0 Å². The molecule has 16 heavy (non-hydrogen) atoms.